The van der Waals surface area contributed by atoms with Gasteiger partial charge in [-0.1, -0.05) is 142 Å². The first-order valence-corrected chi connectivity index (χ1v) is 26.8. The molecule has 0 fully saturated rings. The van der Waals surface area contributed by atoms with E-state index >= 15 is 0 Å². The number of rotatable bonds is 3. The van der Waals surface area contributed by atoms with Crippen molar-refractivity contribution in [1.82, 2.24) is 0 Å². The number of anilines is 6. The van der Waals surface area contributed by atoms with Crippen LogP contribution in [0.4, 0.5) is 34.1 Å². The van der Waals surface area contributed by atoms with Crippen LogP contribution in [-0.2, 0) is 37.9 Å². The van der Waals surface area contributed by atoms with Gasteiger partial charge in [-0.15, -0.1) is 11.3 Å². The van der Waals surface area contributed by atoms with Crippen molar-refractivity contribution in [2.45, 2.75) is 200 Å². The number of hydrogen-bond donors (Lipinski definition) is 0. The standard InChI is InChI=1S/C63H77BN2S/c1-37(2)38-30-51-54-52(31-38)66(41-22-23-43-44(32-41)59(8,9)25-24-58(43,6)7)55-42-33-45-48(63(16,17)29-26-60(45,10)11)36-53(42)67-56(55)64(54)49-34-46-47(62(14,15)28-27-61(46,12)13)35-50(49)65(51)40-20-18-39(19-21-40)57(3,4)5/h18-23,30-37H,24-29H2,1-17H3. The number of hydrogen-bond acceptors (Lipinski definition) is 3. The molecule has 4 heteroatoms. The summed E-state index contributed by atoms with van der Waals surface area (Å²) in [6.45, 7) is 41.8. The minimum absolute atomic E-state index is 0.0647. The van der Waals surface area contributed by atoms with Crippen LogP contribution in [0.15, 0.2) is 78.9 Å². The highest BCUT2D eigenvalue weighted by Gasteiger charge is 2.49. The Morgan fingerprint density at radius 3 is 1.49 bits per heavy atom. The molecule has 67 heavy (non-hydrogen) atoms. The molecule has 5 aromatic carbocycles. The van der Waals surface area contributed by atoms with Crippen molar-refractivity contribution in [2.24, 2.45) is 0 Å². The summed E-state index contributed by atoms with van der Waals surface area (Å²) < 4.78 is 2.92. The molecule has 5 aliphatic rings. The van der Waals surface area contributed by atoms with Gasteiger partial charge in [0.15, 0.2) is 0 Å². The fourth-order valence-corrected chi connectivity index (χ4v) is 14.7. The molecule has 11 rings (SSSR count). The van der Waals surface area contributed by atoms with Crippen molar-refractivity contribution in [1.29, 1.82) is 0 Å². The topological polar surface area (TPSA) is 6.48 Å². The molecule has 1 aromatic heterocycles. The highest BCUT2D eigenvalue weighted by molar-refractivity contribution is 7.33. The lowest BCUT2D eigenvalue weighted by Crippen LogP contribution is -2.61. The van der Waals surface area contributed by atoms with E-state index in [0.717, 1.165) is 0 Å². The Kier molecular flexibility index (Phi) is 9.56. The Balaban J connectivity index is 1.29. The predicted octanol–water partition coefficient (Wildman–Crippen LogP) is 16.5. The molecule has 0 bridgehead atoms. The van der Waals surface area contributed by atoms with Gasteiger partial charge in [0, 0.05) is 43.3 Å². The predicted molar refractivity (Wildman–Crippen MR) is 294 cm³/mol. The minimum atomic E-state index is 0.0647. The second-order valence-corrected chi connectivity index (χ2v) is 28.3. The lowest BCUT2D eigenvalue weighted by Gasteiger charge is -2.47. The zero-order chi connectivity index (χ0) is 47.9. The fraction of sp³-hybridized carbons (Fsp3) is 0.492. The average Bonchev–Trinajstić information content (AvgIpc) is 3.62. The number of thiophene rings is 1. The molecule has 0 amide bonds. The lowest BCUT2D eigenvalue weighted by atomic mass is 9.35. The van der Waals surface area contributed by atoms with Gasteiger partial charge in [-0.3, -0.25) is 0 Å². The Bertz CT molecular complexity index is 3050. The smallest absolute Gasteiger partial charge is 0.264 e. The number of fused-ring (bicyclic) bond motifs is 9. The Hall–Kier alpha value is -4.28. The Labute approximate surface area is 409 Å². The third kappa shape index (κ3) is 6.67. The van der Waals surface area contributed by atoms with Crippen LogP contribution in [0.2, 0.25) is 0 Å². The van der Waals surface area contributed by atoms with E-state index in [1.807, 2.05) is 0 Å². The van der Waals surface area contributed by atoms with Crippen LogP contribution in [-0.4, -0.2) is 6.71 Å². The van der Waals surface area contributed by atoms with Crippen molar-refractivity contribution in [2.75, 3.05) is 9.80 Å². The van der Waals surface area contributed by atoms with Gasteiger partial charge in [-0.05, 0) is 192 Å². The van der Waals surface area contributed by atoms with E-state index in [-0.39, 0.29) is 44.6 Å². The van der Waals surface area contributed by atoms with Gasteiger partial charge in [0.25, 0.3) is 6.71 Å². The first kappa shape index (κ1) is 45.2. The summed E-state index contributed by atoms with van der Waals surface area (Å²) in [7, 11) is 0. The molecule has 0 atom stereocenters. The molecule has 6 aromatic rings. The SMILES string of the molecule is CC(C)c1cc2c3c(c1)N(c1ccc4c(c1)C(C)(C)CCC4(C)C)c1c(sc4cc5c(cc14)C(C)(C)CCC5(C)C)B3c1cc3c(cc1N2c1ccc(C(C)(C)C)cc1)C(C)(C)CCC3(C)C. The van der Waals surface area contributed by atoms with Gasteiger partial charge in [-0.2, -0.15) is 0 Å². The van der Waals surface area contributed by atoms with Crippen molar-refractivity contribution < 1.29 is 0 Å². The molecule has 2 aliphatic heterocycles. The monoisotopic (exact) mass is 905 g/mol. The zero-order valence-corrected chi connectivity index (χ0v) is 45.0. The quantitative estimate of drug-likeness (QED) is 0.163. The minimum Gasteiger partial charge on any atom is -0.311 e. The van der Waals surface area contributed by atoms with Crippen LogP contribution < -0.4 is 25.5 Å². The van der Waals surface area contributed by atoms with Gasteiger partial charge in [0.1, 0.15) is 0 Å². The molecule has 0 N–H and O–H groups in total. The fourth-order valence-electron chi connectivity index (χ4n) is 13.3. The van der Waals surface area contributed by atoms with Crippen molar-refractivity contribution in [3.05, 3.63) is 123 Å². The largest absolute Gasteiger partial charge is 0.311 e. The molecule has 348 valence electrons. The summed E-state index contributed by atoms with van der Waals surface area (Å²) in [6.07, 6.45) is 7.20. The highest BCUT2D eigenvalue weighted by atomic mass is 32.1. The lowest BCUT2D eigenvalue weighted by molar-refractivity contribution is 0.332. The summed E-state index contributed by atoms with van der Waals surface area (Å²) in [5, 5.41) is 1.42. The average molecular weight is 905 g/mol. The van der Waals surface area contributed by atoms with E-state index in [1.54, 1.807) is 11.1 Å². The second kappa shape index (κ2) is 14.2. The molecule has 3 aliphatic carbocycles. The second-order valence-electron chi connectivity index (χ2n) is 27.2. The molecule has 2 nitrogen and oxygen atoms in total. The summed E-state index contributed by atoms with van der Waals surface area (Å²) in [5.74, 6) is 0.343. The van der Waals surface area contributed by atoms with E-state index in [1.165, 1.54) is 132 Å². The van der Waals surface area contributed by atoms with Crippen molar-refractivity contribution in [3.63, 3.8) is 0 Å². The van der Waals surface area contributed by atoms with Crippen LogP contribution in [0, 0.1) is 0 Å². The van der Waals surface area contributed by atoms with Crippen molar-refractivity contribution >= 4 is 78.0 Å². The normalized spacial score (nSPS) is 21.0. The molecular formula is C63H77BN2S. The van der Waals surface area contributed by atoms with Crippen LogP contribution >= 0.6 is 11.3 Å². The third-order valence-electron chi connectivity index (χ3n) is 18.4. The molecule has 0 saturated heterocycles. The Morgan fingerprint density at radius 1 is 0.493 bits per heavy atom. The molecular weight excluding hydrogens is 828 g/mol. The van der Waals surface area contributed by atoms with Crippen LogP contribution in [0.3, 0.4) is 0 Å². The van der Waals surface area contributed by atoms with E-state index in [0.29, 0.717) is 5.92 Å². The Morgan fingerprint density at radius 2 is 0.955 bits per heavy atom. The van der Waals surface area contributed by atoms with Crippen LogP contribution in [0.1, 0.15) is 207 Å². The van der Waals surface area contributed by atoms with Crippen LogP contribution in [0.25, 0.3) is 10.1 Å². The molecule has 0 spiro atoms. The van der Waals surface area contributed by atoms with E-state index in [2.05, 4.69) is 218 Å². The molecule has 0 unspecified atom stereocenters. The number of nitrogens with zero attached hydrogens (tertiary/aromatic N) is 2. The van der Waals surface area contributed by atoms with E-state index in [4.69, 9.17) is 0 Å². The van der Waals surface area contributed by atoms with Gasteiger partial charge in [0.2, 0.25) is 0 Å². The van der Waals surface area contributed by atoms with Gasteiger partial charge in [-0.25, -0.2) is 0 Å². The summed E-state index contributed by atoms with van der Waals surface area (Å²) in [4.78, 5) is 5.47. The third-order valence-corrected chi connectivity index (χ3v) is 19.6. The summed E-state index contributed by atoms with van der Waals surface area (Å²) >= 11 is 2.09. The highest BCUT2D eigenvalue weighted by Crippen LogP contribution is 2.56. The van der Waals surface area contributed by atoms with Crippen molar-refractivity contribution in [3.8, 4) is 0 Å². The maximum absolute atomic E-state index is 2.78. The summed E-state index contributed by atoms with van der Waals surface area (Å²) in [5.41, 5.74) is 23.5. The van der Waals surface area contributed by atoms with E-state index < -0.39 is 0 Å². The van der Waals surface area contributed by atoms with Crippen LogP contribution in [0.5, 0.6) is 0 Å². The summed E-state index contributed by atoms with van der Waals surface area (Å²) in [6, 6.07) is 33.2. The maximum atomic E-state index is 2.78. The zero-order valence-electron chi connectivity index (χ0n) is 44.2. The first-order chi connectivity index (χ1) is 31.1. The van der Waals surface area contributed by atoms with Gasteiger partial charge >= 0.3 is 0 Å². The molecule has 0 radical (unpaired) electrons. The van der Waals surface area contributed by atoms with E-state index in [9.17, 15) is 0 Å². The first-order valence-electron chi connectivity index (χ1n) is 26.0. The molecule has 0 saturated carbocycles. The van der Waals surface area contributed by atoms with Gasteiger partial charge in [0.05, 0.1) is 5.69 Å². The van der Waals surface area contributed by atoms with Gasteiger partial charge < -0.3 is 9.80 Å². The maximum Gasteiger partial charge on any atom is 0.264 e. The number of benzene rings is 5. The molecule has 3 heterocycles.